The number of carbonyl (C=O) groups is 1. The van der Waals surface area contributed by atoms with E-state index in [9.17, 15) is 4.79 Å². The Morgan fingerprint density at radius 2 is 1.72 bits per heavy atom. The van der Waals surface area contributed by atoms with Crippen LogP contribution in [0.25, 0.3) is 10.2 Å². The van der Waals surface area contributed by atoms with Gasteiger partial charge < -0.3 is 19.3 Å². The first-order chi connectivity index (χ1) is 14.1. The van der Waals surface area contributed by atoms with Gasteiger partial charge >= 0.3 is 0 Å². The maximum Gasteiger partial charge on any atom is 0.254 e. The second-order valence-corrected chi connectivity index (χ2v) is 7.98. The number of ether oxygens (including phenoxy) is 2. The summed E-state index contributed by atoms with van der Waals surface area (Å²) in [5, 5.41) is 1.10. The summed E-state index contributed by atoms with van der Waals surface area (Å²) in [6.45, 7) is 4.88. The van der Waals surface area contributed by atoms with E-state index in [2.05, 4.69) is 27.9 Å². The van der Waals surface area contributed by atoms with Gasteiger partial charge in [-0.3, -0.25) is 4.79 Å². The predicted octanol–water partition coefficient (Wildman–Crippen LogP) is 3.23. The van der Waals surface area contributed by atoms with Gasteiger partial charge in [0, 0.05) is 42.7 Å². The molecule has 2 aromatic heterocycles. The van der Waals surface area contributed by atoms with Crippen molar-refractivity contribution in [1.82, 2.24) is 14.9 Å². The van der Waals surface area contributed by atoms with Gasteiger partial charge in [-0.1, -0.05) is 6.92 Å². The Kier molecular flexibility index (Phi) is 5.53. The smallest absolute Gasteiger partial charge is 0.254 e. The number of thiophene rings is 1. The molecule has 0 aliphatic carbocycles. The fourth-order valence-corrected chi connectivity index (χ4v) is 4.48. The monoisotopic (exact) mass is 412 g/mol. The number of aromatic nitrogens is 2. The van der Waals surface area contributed by atoms with Gasteiger partial charge in [0.25, 0.3) is 5.91 Å². The molecular weight excluding hydrogens is 388 g/mol. The Labute approximate surface area is 173 Å². The second kappa shape index (κ2) is 8.24. The Hall–Kier alpha value is -2.87. The number of hydrogen-bond acceptors (Lipinski definition) is 7. The molecule has 8 heteroatoms. The Morgan fingerprint density at radius 3 is 2.34 bits per heavy atom. The van der Waals surface area contributed by atoms with E-state index in [4.69, 9.17) is 9.47 Å². The molecule has 7 nitrogen and oxygen atoms in total. The van der Waals surface area contributed by atoms with Crippen LogP contribution in [0.5, 0.6) is 11.5 Å². The lowest BCUT2D eigenvalue weighted by Crippen LogP contribution is -2.49. The van der Waals surface area contributed by atoms with E-state index in [0.29, 0.717) is 30.2 Å². The average Bonchev–Trinajstić information content (AvgIpc) is 3.22. The fraction of sp³-hybridized carbons (Fsp3) is 0.381. The summed E-state index contributed by atoms with van der Waals surface area (Å²) in [5.41, 5.74) is 0.574. The van der Waals surface area contributed by atoms with Crippen molar-refractivity contribution in [2.75, 3.05) is 45.3 Å². The van der Waals surface area contributed by atoms with Gasteiger partial charge in [-0.25, -0.2) is 9.97 Å². The first kappa shape index (κ1) is 19.4. The topological polar surface area (TPSA) is 67.8 Å². The van der Waals surface area contributed by atoms with Gasteiger partial charge in [-0.2, -0.15) is 0 Å². The fourth-order valence-electron chi connectivity index (χ4n) is 3.55. The molecule has 3 aromatic rings. The van der Waals surface area contributed by atoms with E-state index in [1.807, 2.05) is 4.90 Å². The second-order valence-electron chi connectivity index (χ2n) is 6.86. The normalized spacial score (nSPS) is 14.3. The van der Waals surface area contributed by atoms with Crippen molar-refractivity contribution in [2.24, 2.45) is 0 Å². The number of amides is 1. The molecule has 0 saturated carbocycles. The molecule has 1 aromatic carbocycles. The molecule has 0 atom stereocenters. The Morgan fingerprint density at radius 1 is 1.03 bits per heavy atom. The predicted molar refractivity (Wildman–Crippen MR) is 114 cm³/mol. The summed E-state index contributed by atoms with van der Waals surface area (Å²) >= 11 is 1.72. The van der Waals surface area contributed by atoms with Gasteiger partial charge in [0.2, 0.25) is 0 Å². The highest BCUT2D eigenvalue weighted by Crippen LogP contribution is 2.31. The van der Waals surface area contributed by atoms with Crippen LogP contribution in [-0.2, 0) is 6.42 Å². The minimum absolute atomic E-state index is 0.0153. The Balaban J connectivity index is 1.50. The van der Waals surface area contributed by atoms with Crippen LogP contribution in [0.1, 0.15) is 22.2 Å². The van der Waals surface area contributed by atoms with Crippen LogP contribution in [0.2, 0.25) is 0 Å². The zero-order valence-electron chi connectivity index (χ0n) is 16.8. The molecule has 0 unspecified atom stereocenters. The number of fused-ring (bicyclic) bond motifs is 1. The summed E-state index contributed by atoms with van der Waals surface area (Å²) in [6, 6.07) is 7.46. The lowest BCUT2D eigenvalue weighted by Gasteiger charge is -2.35. The number of carbonyl (C=O) groups excluding carboxylic acids is 1. The van der Waals surface area contributed by atoms with Crippen LogP contribution in [0.4, 0.5) is 5.82 Å². The first-order valence-corrected chi connectivity index (χ1v) is 10.4. The third kappa shape index (κ3) is 3.85. The number of aryl methyl sites for hydroxylation is 1. The van der Waals surface area contributed by atoms with E-state index >= 15 is 0 Å². The summed E-state index contributed by atoms with van der Waals surface area (Å²) in [5.74, 6) is 2.16. The lowest BCUT2D eigenvalue weighted by atomic mass is 10.1. The van der Waals surface area contributed by atoms with Crippen molar-refractivity contribution < 1.29 is 14.3 Å². The first-order valence-electron chi connectivity index (χ1n) is 9.63. The maximum atomic E-state index is 13.0. The number of benzene rings is 1. The highest BCUT2D eigenvalue weighted by Gasteiger charge is 2.25. The van der Waals surface area contributed by atoms with Crippen molar-refractivity contribution in [3.05, 3.63) is 41.0 Å². The van der Waals surface area contributed by atoms with E-state index in [1.165, 1.54) is 4.88 Å². The van der Waals surface area contributed by atoms with Gasteiger partial charge in [0.05, 0.1) is 19.6 Å². The number of hydrogen-bond donors (Lipinski definition) is 0. The number of anilines is 1. The molecule has 29 heavy (non-hydrogen) atoms. The molecule has 0 radical (unpaired) electrons. The van der Waals surface area contributed by atoms with E-state index in [-0.39, 0.29) is 5.91 Å². The minimum atomic E-state index is -0.0153. The standard InChI is InChI=1S/C21H24N4O3S/c1-4-17-12-18-19(22-13-23-20(18)29-17)24-5-7-25(8-6-24)21(26)14-9-15(27-2)11-16(10-14)28-3/h9-13H,4-8H2,1-3H3. The quantitative estimate of drug-likeness (QED) is 0.641. The molecular formula is C21H24N4O3S. The van der Waals surface area contributed by atoms with Crippen molar-refractivity contribution in [1.29, 1.82) is 0 Å². The number of methoxy groups -OCH3 is 2. The summed E-state index contributed by atoms with van der Waals surface area (Å²) in [7, 11) is 3.16. The highest BCUT2D eigenvalue weighted by atomic mass is 32.1. The third-order valence-electron chi connectivity index (χ3n) is 5.17. The zero-order valence-corrected chi connectivity index (χ0v) is 17.7. The molecule has 3 heterocycles. The van der Waals surface area contributed by atoms with Crippen LogP contribution in [0, 0.1) is 0 Å². The summed E-state index contributed by atoms with van der Waals surface area (Å²) < 4.78 is 10.6. The zero-order chi connectivity index (χ0) is 20.4. The molecule has 1 amide bonds. The van der Waals surface area contributed by atoms with Gasteiger partial charge in [0.1, 0.15) is 28.5 Å². The van der Waals surface area contributed by atoms with Crippen LogP contribution < -0.4 is 14.4 Å². The van der Waals surface area contributed by atoms with E-state index in [1.54, 1.807) is 50.1 Å². The van der Waals surface area contributed by atoms with Crippen molar-refractivity contribution in [3.63, 3.8) is 0 Å². The maximum absolute atomic E-state index is 13.0. The molecule has 152 valence electrons. The number of rotatable bonds is 5. The average molecular weight is 413 g/mol. The van der Waals surface area contributed by atoms with E-state index in [0.717, 1.165) is 35.5 Å². The van der Waals surface area contributed by atoms with Crippen molar-refractivity contribution in [2.45, 2.75) is 13.3 Å². The molecule has 1 aliphatic heterocycles. The molecule has 1 aliphatic rings. The largest absolute Gasteiger partial charge is 0.497 e. The molecule has 1 fully saturated rings. The third-order valence-corrected chi connectivity index (χ3v) is 6.36. The van der Waals surface area contributed by atoms with Crippen molar-refractivity contribution >= 4 is 33.3 Å². The number of piperazine rings is 1. The van der Waals surface area contributed by atoms with Crippen LogP contribution in [0.3, 0.4) is 0 Å². The van der Waals surface area contributed by atoms with Crippen molar-refractivity contribution in [3.8, 4) is 11.5 Å². The molecule has 0 N–H and O–H groups in total. The van der Waals surface area contributed by atoms with Gasteiger partial charge in [0.15, 0.2) is 0 Å². The van der Waals surface area contributed by atoms with Gasteiger partial charge in [-0.15, -0.1) is 11.3 Å². The summed E-state index contributed by atoms with van der Waals surface area (Å²) in [4.78, 5) is 28.4. The molecule has 0 spiro atoms. The van der Waals surface area contributed by atoms with Gasteiger partial charge in [-0.05, 0) is 24.6 Å². The van der Waals surface area contributed by atoms with E-state index < -0.39 is 0 Å². The van der Waals surface area contributed by atoms with Crippen LogP contribution in [0.15, 0.2) is 30.6 Å². The Bertz CT molecular complexity index is 1010. The van der Waals surface area contributed by atoms with Crippen LogP contribution in [-0.4, -0.2) is 61.2 Å². The summed E-state index contributed by atoms with van der Waals surface area (Å²) in [6.07, 6.45) is 2.63. The SMILES string of the molecule is CCc1cc2c(N3CCN(C(=O)c4cc(OC)cc(OC)c4)CC3)ncnc2s1. The number of nitrogens with zero attached hydrogens (tertiary/aromatic N) is 4. The molecule has 4 rings (SSSR count). The minimum Gasteiger partial charge on any atom is -0.497 e. The molecule has 1 saturated heterocycles. The van der Waals surface area contributed by atoms with Crippen LogP contribution >= 0.6 is 11.3 Å². The lowest BCUT2D eigenvalue weighted by molar-refractivity contribution is 0.0746. The highest BCUT2D eigenvalue weighted by molar-refractivity contribution is 7.18. The molecule has 0 bridgehead atoms.